The molecule has 6 heteroatoms. The summed E-state index contributed by atoms with van der Waals surface area (Å²) in [5.74, 6) is -6.44. The molecule has 0 atom stereocenters. The normalized spacial score (nSPS) is 18.5. The van der Waals surface area contributed by atoms with Gasteiger partial charge in [-0.15, -0.1) is 0 Å². The second-order valence-electron chi connectivity index (χ2n) is 9.22. The molecule has 0 bridgehead atoms. The molecule has 3 rings (SSSR count). The van der Waals surface area contributed by atoms with Crippen molar-refractivity contribution >= 4 is 5.97 Å². The molecule has 180 valence electrons. The number of carbonyl (C=O) groups is 1. The third-order valence-corrected chi connectivity index (χ3v) is 6.93. The first kappa shape index (κ1) is 25.3. The van der Waals surface area contributed by atoms with Crippen LogP contribution in [0.1, 0.15) is 99.4 Å². The van der Waals surface area contributed by atoms with E-state index in [2.05, 4.69) is 6.92 Å². The van der Waals surface area contributed by atoms with Crippen LogP contribution in [0.3, 0.4) is 0 Å². The zero-order chi connectivity index (χ0) is 24.0. The molecule has 1 aliphatic carbocycles. The highest BCUT2D eigenvalue weighted by Gasteiger charge is 2.28. The molecule has 0 radical (unpaired) electrons. The van der Waals surface area contributed by atoms with Crippen molar-refractivity contribution in [2.75, 3.05) is 0 Å². The fourth-order valence-corrected chi connectivity index (χ4v) is 5.07. The van der Waals surface area contributed by atoms with Gasteiger partial charge in [0.05, 0.1) is 5.56 Å². The monoisotopic (exact) mass is 464 g/mol. The van der Waals surface area contributed by atoms with Crippen LogP contribution in [0.2, 0.25) is 0 Å². The minimum Gasteiger partial charge on any atom is -0.478 e. The lowest BCUT2D eigenvalue weighted by molar-refractivity contribution is 0.0692. The first-order valence-corrected chi connectivity index (χ1v) is 12.0. The van der Waals surface area contributed by atoms with E-state index in [0.29, 0.717) is 11.5 Å². The molecule has 1 aliphatic rings. The van der Waals surface area contributed by atoms with Crippen molar-refractivity contribution in [3.63, 3.8) is 0 Å². The number of hydrogen-bond acceptors (Lipinski definition) is 1. The van der Waals surface area contributed by atoms with Crippen LogP contribution in [0.5, 0.6) is 0 Å². The third-order valence-electron chi connectivity index (χ3n) is 6.93. The maximum atomic E-state index is 15.2. The summed E-state index contributed by atoms with van der Waals surface area (Å²) in [7, 11) is 0. The van der Waals surface area contributed by atoms with E-state index in [4.69, 9.17) is 0 Å². The summed E-state index contributed by atoms with van der Waals surface area (Å²) in [5.41, 5.74) is -0.375. The van der Waals surface area contributed by atoms with E-state index in [9.17, 15) is 23.1 Å². The number of hydrogen-bond donors (Lipinski definition) is 1. The van der Waals surface area contributed by atoms with Gasteiger partial charge in [0.1, 0.15) is 5.82 Å². The number of unbranched alkanes of at least 4 members (excludes halogenated alkanes) is 5. The summed E-state index contributed by atoms with van der Waals surface area (Å²) < 4.78 is 56.5. The van der Waals surface area contributed by atoms with Crippen LogP contribution in [-0.2, 0) is 0 Å². The topological polar surface area (TPSA) is 37.3 Å². The van der Waals surface area contributed by atoms with Crippen molar-refractivity contribution in [2.45, 2.75) is 83.5 Å². The first-order valence-electron chi connectivity index (χ1n) is 12.0. The van der Waals surface area contributed by atoms with Crippen LogP contribution in [-0.4, -0.2) is 11.1 Å². The van der Waals surface area contributed by atoms with Gasteiger partial charge in [-0.05, 0) is 66.8 Å². The predicted molar refractivity (Wildman–Crippen MR) is 121 cm³/mol. The van der Waals surface area contributed by atoms with Gasteiger partial charge in [-0.25, -0.2) is 22.4 Å². The van der Waals surface area contributed by atoms with Crippen LogP contribution < -0.4 is 0 Å². The van der Waals surface area contributed by atoms with Gasteiger partial charge in [0, 0.05) is 5.56 Å². The van der Waals surface area contributed by atoms with E-state index < -0.39 is 34.8 Å². The van der Waals surface area contributed by atoms with E-state index in [0.717, 1.165) is 37.8 Å². The van der Waals surface area contributed by atoms with Crippen molar-refractivity contribution in [3.05, 3.63) is 58.7 Å². The summed E-state index contributed by atoms with van der Waals surface area (Å²) >= 11 is 0. The van der Waals surface area contributed by atoms with Crippen LogP contribution in [0.25, 0.3) is 11.1 Å². The molecular weight excluding hydrogens is 432 g/mol. The second-order valence-corrected chi connectivity index (χ2v) is 9.22. The number of benzene rings is 2. The van der Waals surface area contributed by atoms with Crippen molar-refractivity contribution in [3.8, 4) is 11.1 Å². The van der Waals surface area contributed by atoms with Gasteiger partial charge in [0.2, 0.25) is 0 Å². The number of halogens is 4. The Balaban J connectivity index is 1.77. The lowest BCUT2D eigenvalue weighted by Crippen LogP contribution is -2.15. The Labute approximate surface area is 193 Å². The number of rotatable bonds is 10. The Hall–Kier alpha value is -2.37. The highest BCUT2D eigenvalue weighted by Crippen LogP contribution is 2.43. The molecule has 2 aromatic carbocycles. The van der Waals surface area contributed by atoms with Gasteiger partial charge < -0.3 is 5.11 Å². The molecule has 1 fully saturated rings. The standard InChI is InChI=1S/C27H32F4O2/c1-2-3-4-5-6-7-8-17-9-11-18(12-10-17)20-13-14-21(27(32)33)25(30)24(20)19-15-22(28)26(31)23(29)16-19/h13-18H,2-12H2,1H3,(H,32,33)/t17-,18-. The highest BCUT2D eigenvalue weighted by atomic mass is 19.2. The molecular formula is C27H32F4O2. The summed E-state index contributed by atoms with van der Waals surface area (Å²) in [6.07, 6.45) is 12.3. The number of carboxylic acid groups (broad SMARTS) is 1. The summed E-state index contributed by atoms with van der Waals surface area (Å²) in [5, 5.41) is 9.33. The number of carboxylic acids is 1. The van der Waals surface area contributed by atoms with E-state index in [-0.39, 0.29) is 17.0 Å². The van der Waals surface area contributed by atoms with Gasteiger partial charge in [0.25, 0.3) is 0 Å². The molecule has 2 aromatic rings. The van der Waals surface area contributed by atoms with E-state index in [1.807, 2.05) is 0 Å². The number of aromatic carboxylic acids is 1. The second kappa shape index (κ2) is 11.7. The Morgan fingerprint density at radius 3 is 2.09 bits per heavy atom. The molecule has 0 amide bonds. The maximum Gasteiger partial charge on any atom is 0.338 e. The molecule has 0 aliphatic heterocycles. The van der Waals surface area contributed by atoms with Gasteiger partial charge in [0.15, 0.2) is 17.5 Å². The third kappa shape index (κ3) is 6.15. The lowest BCUT2D eigenvalue weighted by Gasteiger charge is -2.30. The van der Waals surface area contributed by atoms with Crippen LogP contribution in [0.4, 0.5) is 17.6 Å². The molecule has 1 saturated carbocycles. The zero-order valence-electron chi connectivity index (χ0n) is 19.1. The molecule has 0 unspecified atom stereocenters. The molecule has 1 N–H and O–H groups in total. The smallest absolute Gasteiger partial charge is 0.338 e. The summed E-state index contributed by atoms with van der Waals surface area (Å²) in [6, 6.07) is 4.21. The molecule has 0 heterocycles. The minimum absolute atomic E-state index is 0.0469. The largest absolute Gasteiger partial charge is 0.478 e. The lowest BCUT2D eigenvalue weighted by atomic mass is 9.75. The van der Waals surface area contributed by atoms with Gasteiger partial charge in [-0.3, -0.25) is 0 Å². The zero-order valence-corrected chi connectivity index (χ0v) is 19.1. The molecule has 33 heavy (non-hydrogen) atoms. The Morgan fingerprint density at radius 2 is 1.48 bits per heavy atom. The van der Waals surface area contributed by atoms with Crippen molar-refractivity contribution < 1.29 is 27.5 Å². The predicted octanol–water partition coefficient (Wildman–Crippen LogP) is 8.63. The van der Waals surface area contributed by atoms with Crippen LogP contribution in [0.15, 0.2) is 24.3 Å². The van der Waals surface area contributed by atoms with Crippen molar-refractivity contribution in [2.24, 2.45) is 5.92 Å². The van der Waals surface area contributed by atoms with Gasteiger partial charge in [-0.1, -0.05) is 57.9 Å². The average molecular weight is 465 g/mol. The first-order chi connectivity index (χ1) is 15.8. The summed E-state index contributed by atoms with van der Waals surface area (Å²) in [6.45, 7) is 2.20. The highest BCUT2D eigenvalue weighted by molar-refractivity contribution is 5.90. The van der Waals surface area contributed by atoms with Crippen molar-refractivity contribution in [1.29, 1.82) is 0 Å². The fourth-order valence-electron chi connectivity index (χ4n) is 5.07. The van der Waals surface area contributed by atoms with E-state index >= 15 is 4.39 Å². The van der Waals surface area contributed by atoms with Crippen molar-refractivity contribution in [1.82, 2.24) is 0 Å². The van der Waals surface area contributed by atoms with Crippen LogP contribution >= 0.6 is 0 Å². The molecule has 0 saturated heterocycles. The Morgan fingerprint density at radius 1 is 0.879 bits per heavy atom. The van der Waals surface area contributed by atoms with E-state index in [1.54, 1.807) is 6.07 Å². The maximum absolute atomic E-state index is 15.2. The van der Waals surface area contributed by atoms with Gasteiger partial charge in [-0.2, -0.15) is 0 Å². The average Bonchev–Trinajstić information content (AvgIpc) is 2.79. The van der Waals surface area contributed by atoms with Gasteiger partial charge >= 0.3 is 5.97 Å². The quantitative estimate of drug-likeness (QED) is 0.217. The Kier molecular flexibility index (Phi) is 8.93. The Bertz CT molecular complexity index is 942. The van der Waals surface area contributed by atoms with Crippen LogP contribution in [0, 0.1) is 29.2 Å². The summed E-state index contributed by atoms with van der Waals surface area (Å²) in [4.78, 5) is 11.5. The molecule has 2 nitrogen and oxygen atoms in total. The molecule has 0 aromatic heterocycles. The fraction of sp³-hybridized carbons (Fsp3) is 0.519. The molecule has 0 spiro atoms. The SMILES string of the molecule is CCCCCCCC[C@H]1CC[C@H](c2ccc(C(=O)O)c(F)c2-c2cc(F)c(F)c(F)c2)CC1. The van der Waals surface area contributed by atoms with E-state index in [1.165, 1.54) is 51.0 Å². The minimum atomic E-state index is -1.63.